The van der Waals surface area contributed by atoms with Crippen LogP contribution in [-0.4, -0.2) is 41.9 Å². The monoisotopic (exact) mass is 378 g/mol. The van der Waals surface area contributed by atoms with Gasteiger partial charge in [0, 0.05) is 45.5 Å². The zero-order valence-corrected chi connectivity index (χ0v) is 15.6. The molecule has 0 bridgehead atoms. The van der Waals surface area contributed by atoms with Crippen LogP contribution in [0.2, 0.25) is 0 Å². The minimum Gasteiger partial charge on any atom is -0.386 e. The molecule has 0 spiro atoms. The first kappa shape index (κ1) is 19.6. The first-order chi connectivity index (χ1) is 13.7. The molecule has 1 aliphatic heterocycles. The number of nitriles is 1. The molecular weight excluding hydrogens is 355 g/mol. The Morgan fingerprint density at radius 3 is 2.46 bits per heavy atom. The summed E-state index contributed by atoms with van der Waals surface area (Å²) in [5.41, 5.74) is 2.06. The molecule has 5 nitrogen and oxygen atoms in total. The number of carbonyl (C=O) groups is 1. The number of nitrogens with zero attached hydrogens (tertiary/aromatic N) is 3. The smallest absolute Gasteiger partial charge is 0.266 e. The highest BCUT2D eigenvalue weighted by molar-refractivity contribution is 5.97. The van der Waals surface area contributed by atoms with Gasteiger partial charge in [-0.1, -0.05) is 42.5 Å². The standard InChI is InChI=1S/C22H23FN4O/c23-21-8-4-7-19(13-21)15-25-16-20(14-24)22(28)27-11-9-26(10-12-27)17-18-5-2-1-3-6-18/h1-8,13,16,25H,9-12,15,17H2/b20-16-. The first-order valence-corrected chi connectivity index (χ1v) is 9.29. The minimum absolute atomic E-state index is 0.0629. The topological polar surface area (TPSA) is 59.4 Å². The van der Waals surface area contributed by atoms with Crippen LogP contribution in [0.5, 0.6) is 0 Å². The number of nitrogens with one attached hydrogen (secondary N) is 1. The lowest BCUT2D eigenvalue weighted by atomic mass is 10.2. The molecule has 1 heterocycles. The van der Waals surface area contributed by atoms with E-state index >= 15 is 0 Å². The Labute approximate surface area is 164 Å². The highest BCUT2D eigenvalue weighted by atomic mass is 19.1. The number of amides is 1. The number of hydrogen-bond acceptors (Lipinski definition) is 4. The van der Waals surface area contributed by atoms with Gasteiger partial charge in [-0.25, -0.2) is 4.39 Å². The van der Waals surface area contributed by atoms with Gasteiger partial charge in [-0.15, -0.1) is 0 Å². The predicted molar refractivity (Wildman–Crippen MR) is 105 cm³/mol. The van der Waals surface area contributed by atoms with Gasteiger partial charge in [0.05, 0.1) is 0 Å². The Bertz CT molecular complexity index is 868. The zero-order chi connectivity index (χ0) is 19.8. The van der Waals surface area contributed by atoms with Crippen molar-refractivity contribution in [3.63, 3.8) is 0 Å². The van der Waals surface area contributed by atoms with E-state index in [1.54, 1.807) is 17.0 Å². The molecule has 3 rings (SSSR count). The molecule has 2 aromatic rings. The largest absolute Gasteiger partial charge is 0.386 e. The third-order valence-electron chi connectivity index (χ3n) is 4.70. The van der Waals surface area contributed by atoms with E-state index in [4.69, 9.17) is 0 Å². The molecule has 28 heavy (non-hydrogen) atoms. The van der Waals surface area contributed by atoms with Crippen molar-refractivity contribution in [2.45, 2.75) is 13.1 Å². The summed E-state index contributed by atoms with van der Waals surface area (Å²) in [6.07, 6.45) is 1.42. The number of rotatable bonds is 6. The molecule has 2 aromatic carbocycles. The Balaban J connectivity index is 1.50. The lowest BCUT2D eigenvalue weighted by Crippen LogP contribution is -2.48. The molecule has 1 amide bonds. The molecule has 1 saturated heterocycles. The van der Waals surface area contributed by atoms with Gasteiger partial charge in [0.1, 0.15) is 17.5 Å². The molecule has 0 radical (unpaired) electrons. The fourth-order valence-corrected chi connectivity index (χ4v) is 3.18. The van der Waals surface area contributed by atoms with E-state index in [0.717, 1.165) is 25.2 Å². The van der Waals surface area contributed by atoms with Gasteiger partial charge >= 0.3 is 0 Å². The van der Waals surface area contributed by atoms with E-state index in [1.807, 2.05) is 24.3 Å². The van der Waals surface area contributed by atoms with Crippen LogP contribution in [-0.2, 0) is 17.9 Å². The highest BCUT2D eigenvalue weighted by Crippen LogP contribution is 2.11. The van der Waals surface area contributed by atoms with E-state index in [9.17, 15) is 14.4 Å². The fraction of sp³-hybridized carbons (Fsp3) is 0.273. The van der Waals surface area contributed by atoms with Crippen molar-refractivity contribution >= 4 is 5.91 Å². The molecule has 0 saturated carbocycles. The molecule has 0 unspecified atom stereocenters. The Kier molecular flexibility index (Phi) is 6.77. The molecule has 1 aliphatic rings. The summed E-state index contributed by atoms with van der Waals surface area (Å²) in [6, 6.07) is 18.4. The van der Waals surface area contributed by atoms with Gasteiger partial charge in [0.25, 0.3) is 5.91 Å². The van der Waals surface area contributed by atoms with Crippen molar-refractivity contribution < 1.29 is 9.18 Å². The van der Waals surface area contributed by atoms with Crippen LogP contribution in [0.3, 0.4) is 0 Å². The van der Waals surface area contributed by atoms with Crippen molar-refractivity contribution in [1.82, 2.24) is 15.1 Å². The average Bonchev–Trinajstić information content (AvgIpc) is 2.72. The second kappa shape index (κ2) is 9.67. The van der Waals surface area contributed by atoms with Crippen LogP contribution < -0.4 is 5.32 Å². The van der Waals surface area contributed by atoms with Gasteiger partial charge in [-0.3, -0.25) is 9.69 Å². The van der Waals surface area contributed by atoms with Gasteiger partial charge in [-0.2, -0.15) is 5.26 Å². The second-order valence-corrected chi connectivity index (χ2v) is 6.73. The van der Waals surface area contributed by atoms with Crippen LogP contribution in [0.1, 0.15) is 11.1 Å². The summed E-state index contributed by atoms with van der Waals surface area (Å²) in [6.45, 7) is 3.94. The lowest BCUT2D eigenvalue weighted by molar-refractivity contribution is -0.128. The molecular formula is C22H23FN4O. The van der Waals surface area contributed by atoms with E-state index in [2.05, 4.69) is 22.3 Å². The Morgan fingerprint density at radius 2 is 1.79 bits per heavy atom. The minimum atomic E-state index is -0.312. The van der Waals surface area contributed by atoms with Crippen LogP contribution in [0.15, 0.2) is 66.4 Å². The van der Waals surface area contributed by atoms with E-state index < -0.39 is 0 Å². The zero-order valence-electron chi connectivity index (χ0n) is 15.6. The summed E-state index contributed by atoms with van der Waals surface area (Å²) < 4.78 is 13.2. The number of halogens is 1. The third-order valence-corrected chi connectivity index (χ3v) is 4.70. The maximum absolute atomic E-state index is 13.2. The summed E-state index contributed by atoms with van der Waals surface area (Å²) >= 11 is 0. The van der Waals surface area contributed by atoms with Crippen molar-refractivity contribution in [2.75, 3.05) is 26.2 Å². The maximum atomic E-state index is 13.2. The summed E-state index contributed by atoms with van der Waals surface area (Å²) in [5, 5.41) is 12.3. The maximum Gasteiger partial charge on any atom is 0.266 e. The normalized spacial score (nSPS) is 15.1. The van der Waals surface area contributed by atoms with Crippen molar-refractivity contribution in [3.05, 3.63) is 83.3 Å². The number of piperazine rings is 1. The highest BCUT2D eigenvalue weighted by Gasteiger charge is 2.23. The van der Waals surface area contributed by atoms with Gasteiger partial charge in [0.15, 0.2) is 0 Å². The van der Waals surface area contributed by atoms with Crippen LogP contribution >= 0.6 is 0 Å². The Morgan fingerprint density at radius 1 is 1.07 bits per heavy atom. The Hall–Kier alpha value is -3.17. The van der Waals surface area contributed by atoms with E-state index in [1.165, 1.54) is 23.9 Å². The first-order valence-electron chi connectivity index (χ1n) is 9.29. The molecule has 144 valence electrons. The van der Waals surface area contributed by atoms with Crippen molar-refractivity contribution in [1.29, 1.82) is 5.26 Å². The van der Waals surface area contributed by atoms with Crippen LogP contribution in [0.4, 0.5) is 4.39 Å². The summed E-state index contributed by atoms with van der Waals surface area (Å²) in [5.74, 6) is -0.582. The fourth-order valence-electron chi connectivity index (χ4n) is 3.18. The van der Waals surface area contributed by atoms with Gasteiger partial charge < -0.3 is 10.2 Å². The quantitative estimate of drug-likeness (QED) is 0.620. The van der Waals surface area contributed by atoms with E-state index in [-0.39, 0.29) is 17.3 Å². The molecule has 1 fully saturated rings. The van der Waals surface area contributed by atoms with Crippen molar-refractivity contribution in [2.24, 2.45) is 0 Å². The molecule has 0 aliphatic carbocycles. The second-order valence-electron chi connectivity index (χ2n) is 6.73. The average molecular weight is 378 g/mol. The summed E-state index contributed by atoms with van der Waals surface area (Å²) in [7, 11) is 0. The van der Waals surface area contributed by atoms with Crippen LogP contribution in [0, 0.1) is 17.1 Å². The van der Waals surface area contributed by atoms with Crippen molar-refractivity contribution in [3.8, 4) is 6.07 Å². The number of benzene rings is 2. The third kappa shape index (κ3) is 5.41. The molecule has 6 heteroatoms. The summed E-state index contributed by atoms with van der Waals surface area (Å²) in [4.78, 5) is 16.6. The molecule has 1 N–H and O–H groups in total. The SMILES string of the molecule is N#C/C(=C/NCc1cccc(F)c1)C(=O)N1CCN(Cc2ccccc2)CC1. The molecule has 0 atom stereocenters. The number of carbonyl (C=O) groups excluding carboxylic acids is 1. The lowest BCUT2D eigenvalue weighted by Gasteiger charge is -2.34. The van der Waals surface area contributed by atoms with E-state index in [0.29, 0.717) is 19.6 Å². The predicted octanol–water partition coefficient (Wildman–Crippen LogP) is 2.67. The van der Waals surface area contributed by atoms with Gasteiger partial charge in [-0.05, 0) is 23.3 Å². The molecule has 0 aromatic heterocycles. The van der Waals surface area contributed by atoms with Gasteiger partial charge in [0.2, 0.25) is 0 Å². The number of hydrogen-bond donors (Lipinski definition) is 1. The van der Waals surface area contributed by atoms with Crippen LogP contribution in [0.25, 0.3) is 0 Å².